The van der Waals surface area contributed by atoms with Crippen molar-refractivity contribution in [3.05, 3.63) is 95.3 Å². The molecule has 16 heteroatoms. The van der Waals surface area contributed by atoms with Crippen molar-refractivity contribution in [1.29, 1.82) is 0 Å². The number of thiazole rings is 1. The van der Waals surface area contributed by atoms with Gasteiger partial charge in [0, 0.05) is 50.9 Å². The lowest BCUT2D eigenvalue weighted by Crippen LogP contribution is -2.57. The third kappa shape index (κ3) is 8.98. The van der Waals surface area contributed by atoms with Crippen molar-refractivity contribution >= 4 is 46.4 Å². The highest BCUT2D eigenvalue weighted by atomic mass is 32.1. The fourth-order valence-electron chi connectivity index (χ4n) is 7.58. The molecule has 3 amide bonds. The molecule has 4 atom stereocenters. The molecular formula is C43H50N10O5S. The smallest absolute Gasteiger partial charge is 0.253 e. The zero-order chi connectivity index (χ0) is 42.0. The number of anilines is 3. The van der Waals surface area contributed by atoms with Gasteiger partial charge >= 0.3 is 0 Å². The molecule has 0 saturated carbocycles. The Morgan fingerprint density at radius 1 is 0.932 bits per heavy atom. The van der Waals surface area contributed by atoms with E-state index in [9.17, 15) is 24.6 Å². The molecular weight excluding hydrogens is 769 g/mol. The number of hydrogen-bond acceptors (Lipinski definition) is 13. The molecule has 2 aliphatic heterocycles. The summed E-state index contributed by atoms with van der Waals surface area (Å²) in [7, 11) is 0. The highest BCUT2D eigenvalue weighted by molar-refractivity contribution is 7.13. The molecule has 308 valence electrons. The van der Waals surface area contributed by atoms with Gasteiger partial charge in [0.25, 0.3) is 5.91 Å². The minimum absolute atomic E-state index is 0.0256. The second kappa shape index (κ2) is 17.0. The van der Waals surface area contributed by atoms with Gasteiger partial charge in [0.1, 0.15) is 23.7 Å². The standard InChI is InChI=1S/C43H50N10O5S/c1-25(27-10-12-28(13-11-27)37-26(2)46-24-59-37)47-41(57)34-20-30(54)23-53(34)42(58)38(43(3,4)5)48-40(56)29-14-15-36(45-22-29)52-18-16-51(17-19-52)33-21-32(49-50-39(33)44)31-8-6-7-9-35(31)55/h6-15,21-22,24-25,30,34,38,54-55H,16-20,23H2,1-5H3,(H2,44,50)(H,47,57)(H,48,56)/t25-,30+,34-,38+/m0/s1. The quantitative estimate of drug-likeness (QED) is 0.132. The maximum absolute atomic E-state index is 14.2. The number of likely N-dealkylation sites (tertiary alicyclic amines) is 1. The maximum atomic E-state index is 14.2. The number of para-hydroxylation sites is 1. The van der Waals surface area contributed by atoms with Gasteiger partial charge in [-0.05, 0) is 60.7 Å². The number of phenols is 1. The Labute approximate surface area is 347 Å². The van der Waals surface area contributed by atoms with Crippen molar-refractivity contribution in [3.63, 3.8) is 0 Å². The van der Waals surface area contributed by atoms with Crippen molar-refractivity contribution in [2.24, 2.45) is 5.41 Å². The number of piperazine rings is 1. The molecule has 5 aromatic rings. The number of rotatable bonds is 10. The summed E-state index contributed by atoms with van der Waals surface area (Å²) >= 11 is 1.57. The van der Waals surface area contributed by atoms with Gasteiger partial charge in [0.05, 0.1) is 45.2 Å². The van der Waals surface area contributed by atoms with E-state index in [1.807, 2.05) is 76.5 Å². The van der Waals surface area contributed by atoms with Crippen LogP contribution in [-0.4, -0.2) is 104 Å². The fourth-order valence-corrected chi connectivity index (χ4v) is 8.39. The number of nitrogens with two attached hydrogens (primary N) is 1. The Morgan fingerprint density at radius 3 is 2.29 bits per heavy atom. The molecule has 2 aromatic carbocycles. The number of aliphatic hydroxyl groups excluding tert-OH is 1. The molecule has 2 aliphatic rings. The average molecular weight is 819 g/mol. The Hall–Kier alpha value is -6.13. The SMILES string of the molecule is Cc1ncsc1-c1ccc([C@H](C)NC(=O)[C@@H]2C[C@@H](O)CN2C(=O)[C@@H](NC(=O)c2ccc(N3CCN(c4cc(-c5ccccc5O)nnc4N)CC3)nc2)C(C)(C)C)cc1. The molecule has 15 nitrogen and oxygen atoms in total. The van der Waals surface area contributed by atoms with Crippen LogP contribution in [0.25, 0.3) is 21.7 Å². The van der Waals surface area contributed by atoms with Crippen molar-refractivity contribution in [2.75, 3.05) is 48.3 Å². The third-order valence-corrected chi connectivity index (χ3v) is 11.9. The van der Waals surface area contributed by atoms with Gasteiger partial charge in [0.2, 0.25) is 11.8 Å². The number of pyridine rings is 1. The van der Waals surface area contributed by atoms with Gasteiger partial charge in [-0.3, -0.25) is 14.4 Å². The Bertz CT molecular complexity index is 2300. The first-order valence-electron chi connectivity index (χ1n) is 19.7. The molecule has 5 heterocycles. The molecule has 0 bridgehead atoms. The summed E-state index contributed by atoms with van der Waals surface area (Å²) in [5, 5.41) is 35.3. The number of amides is 3. The van der Waals surface area contributed by atoms with E-state index in [1.54, 1.807) is 41.7 Å². The van der Waals surface area contributed by atoms with E-state index < -0.39 is 35.4 Å². The fraction of sp³-hybridized carbons (Fsp3) is 0.372. The summed E-state index contributed by atoms with van der Waals surface area (Å²) in [5.74, 6) is -0.192. The molecule has 0 unspecified atom stereocenters. The van der Waals surface area contributed by atoms with E-state index in [0.29, 0.717) is 49.1 Å². The minimum Gasteiger partial charge on any atom is -0.507 e. The molecule has 2 fully saturated rings. The lowest BCUT2D eigenvalue weighted by Gasteiger charge is -2.37. The van der Waals surface area contributed by atoms with Crippen molar-refractivity contribution in [3.8, 4) is 27.4 Å². The molecule has 3 aromatic heterocycles. The van der Waals surface area contributed by atoms with Crippen LogP contribution in [0.15, 0.2) is 78.4 Å². The van der Waals surface area contributed by atoms with Gasteiger partial charge < -0.3 is 41.3 Å². The Balaban J connectivity index is 0.969. The van der Waals surface area contributed by atoms with E-state index in [1.165, 1.54) is 11.1 Å². The summed E-state index contributed by atoms with van der Waals surface area (Å²) in [6.07, 6.45) is 0.693. The van der Waals surface area contributed by atoms with Gasteiger partial charge in [-0.25, -0.2) is 9.97 Å². The first-order valence-corrected chi connectivity index (χ1v) is 20.5. The number of carbonyl (C=O) groups excluding carboxylic acids is 3. The Morgan fingerprint density at radius 2 is 1.64 bits per heavy atom. The number of nitrogens with one attached hydrogen (secondary N) is 2. The number of benzene rings is 2. The van der Waals surface area contributed by atoms with Crippen LogP contribution < -0.4 is 26.2 Å². The molecule has 6 N–H and O–H groups in total. The summed E-state index contributed by atoms with van der Waals surface area (Å²) in [6, 6.07) is 17.9. The normalized spacial score (nSPS) is 18.0. The number of aliphatic hydroxyl groups is 1. The van der Waals surface area contributed by atoms with Gasteiger partial charge in [0.15, 0.2) is 5.82 Å². The largest absolute Gasteiger partial charge is 0.507 e. The van der Waals surface area contributed by atoms with Crippen LogP contribution in [-0.2, 0) is 9.59 Å². The van der Waals surface area contributed by atoms with Gasteiger partial charge in [-0.2, -0.15) is 0 Å². The van der Waals surface area contributed by atoms with Crippen molar-refractivity contribution in [2.45, 2.75) is 65.3 Å². The monoisotopic (exact) mass is 818 g/mol. The molecule has 7 rings (SSSR count). The van der Waals surface area contributed by atoms with E-state index in [0.717, 1.165) is 27.4 Å². The molecule has 0 spiro atoms. The second-order valence-corrected chi connectivity index (χ2v) is 17.0. The third-order valence-electron chi connectivity index (χ3n) is 11.0. The summed E-state index contributed by atoms with van der Waals surface area (Å²) in [4.78, 5) is 57.3. The molecule has 0 radical (unpaired) electrons. The van der Waals surface area contributed by atoms with Gasteiger partial charge in [-0.15, -0.1) is 21.5 Å². The number of nitrogens with zero attached hydrogens (tertiary/aromatic N) is 7. The number of carbonyl (C=O) groups is 3. The van der Waals surface area contributed by atoms with Crippen molar-refractivity contribution in [1.82, 2.24) is 35.7 Å². The predicted molar refractivity (Wildman–Crippen MR) is 228 cm³/mol. The van der Waals surface area contributed by atoms with Crippen LogP contribution in [0, 0.1) is 12.3 Å². The lowest BCUT2D eigenvalue weighted by atomic mass is 9.85. The average Bonchev–Trinajstić information content (AvgIpc) is 3.85. The zero-order valence-corrected chi connectivity index (χ0v) is 34.6. The summed E-state index contributed by atoms with van der Waals surface area (Å²) < 4.78 is 0. The zero-order valence-electron chi connectivity index (χ0n) is 33.8. The van der Waals surface area contributed by atoms with E-state index in [4.69, 9.17) is 5.73 Å². The van der Waals surface area contributed by atoms with Crippen LogP contribution >= 0.6 is 11.3 Å². The highest BCUT2D eigenvalue weighted by Gasteiger charge is 2.45. The van der Waals surface area contributed by atoms with E-state index >= 15 is 0 Å². The minimum atomic E-state index is -0.995. The summed E-state index contributed by atoms with van der Waals surface area (Å²) in [6.45, 7) is 11.9. The van der Waals surface area contributed by atoms with E-state index in [2.05, 4.69) is 40.6 Å². The number of β-amino-alcohol motifs (C(OH)–C–C–N with tert-alkyl or cyclic N) is 1. The lowest BCUT2D eigenvalue weighted by molar-refractivity contribution is -0.142. The van der Waals surface area contributed by atoms with Crippen LogP contribution in [0.5, 0.6) is 5.75 Å². The van der Waals surface area contributed by atoms with Gasteiger partial charge in [-0.1, -0.05) is 57.2 Å². The molecule has 2 saturated heterocycles. The second-order valence-electron chi connectivity index (χ2n) is 16.2. The van der Waals surface area contributed by atoms with Crippen LogP contribution in [0.4, 0.5) is 17.3 Å². The van der Waals surface area contributed by atoms with Crippen LogP contribution in [0.1, 0.15) is 61.8 Å². The molecule has 59 heavy (non-hydrogen) atoms. The number of hydrogen-bond donors (Lipinski definition) is 5. The van der Waals surface area contributed by atoms with E-state index in [-0.39, 0.29) is 36.2 Å². The number of phenolic OH excluding ortho intramolecular Hbond substituents is 1. The number of aromatic hydroxyl groups is 1. The maximum Gasteiger partial charge on any atom is 0.253 e. The van der Waals surface area contributed by atoms with Crippen LogP contribution in [0.2, 0.25) is 0 Å². The number of aryl methyl sites for hydroxylation is 1. The first kappa shape index (κ1) is 41.0. The van der Waals surface area contributed by atoms with Crippen molar-refractivity contribution < 1.29 is 24.6 Å². The predicted octanol–water partition coefficient (Wildman–Crippen LogP) is 4.57. The molecule has 0 aliphatic carbocycles. The topological polar surface area (TPSA) is 203 Å². The van der Waals surface area contributed by atoms with Crippen LogP contribution in [0.3, 0.4) is 0 Å². The number of aromatic nitrogens is 4. The highest BCUT2D eigenvalue weighted by Crippen LogP contribution is 2.33. The number of nitrogen functional groups attached to an aromatic ring is 1. The summed E-state index contributed by atoms with van der Waals surface area (Å²) in [5.41, 5.74) is 12.3. The Kier molecular flexibility index (Phi) is 11.8. The first-order chi connectivity index (χ1) is 28.2.